The summed E-state index contributed by atoms with van der Waals surface area (Å²) in [7, 11) is -2.67. The lowest BCUT2D eigenvalue weighted by molar-refractivity contribution is 0.401. The molecule has 2 rings (SSSR count). The van der Waals surface area contributed by atoms with Crippen molar-refractivity contribution in [3.05, 3.63) is 35.0 Å². The molecular weight excluding hydrogens is 398 g/mol. The standard InChI is InChI=1S/C13H13BrClNO5S/c14-9(5-6-16-22(19)20)13-11(18)10(17)12(21-13)7-1-3-8(15)4-2-7/h1-4,9,17-18,22H,5-6H2,(H,16,19,20). The number of hydrogen-bond donors (Lipinski definition) is 4. The Morgan fingerprint density at radius 2 is 1.86 bits per heavy atom. The van der Waals surface area contributed by atoms with E-state index in [2.05, 4.69) is 20.7 Å². The molecule has 0 aliphatic rings. The number of rotatable bonds is 6. The zero-order valence-electron chi connectivity index (χ0n) is 11.1. The van der Waals surface area contributed by atoms with Crippen molar-refractivity contribution < 1.29 is 23.0 Å². The number of halogens is 2. The van der Waals surface area contributed by atoms with Gasteiger partial charge in [-0.15, -0.1) is 0 Å². The fraction of sp³-hybridized carbons (Fsp3) is 0.231. The van der Waals surface area contributed by atoms with Crippen LogP contribution >= 0.6 is 27.5 Å². The van der Waals surface area contributed by atoms with Gasteiger partial charge in [-0.05, 0) is 30.7 Å². The molecular formula is C13H13BrClNO5S. The predicted molar refractivity (Wildman–Crippen MR) is 87.1 cm³/mol. The third-order valence-electron chi connectivity index (χ3n) is 2.91. The summed E-state index contributed by atoms with van der Waals surface area (Å²) in [6.07, 6.45) is 0.337. The minimum absolute atomic E-state index is 0.122. The van der Waals surface area contributed by atoms with Crippen molar-refractivity contribution in [2.24, 2.45) is 0 Å². The molecule has 0 spiro atoms. The molecule has 1 aromatic heterocycles. The molecule has 6 nitrogen and oxygen atoms in total. The van der Waals surface area contributed by atoms with Crippen molar-refractivity contribution in [2.45, 2.75) is 11.2 Å². The molecule has 0 saturated carbocycles. The van der Waals surface area contributed by atoms with Crippen LogP contribution in [0.2, 0.25) is 5.02 Å². The van der Waals surface area contributed by atoms with Gasteiger partial charge in [-0.2, -0.15) is 0 Å². The topological polar surface area (TPSA) is 99.8 Å². The molecule has 1 atom stereocenters. The van der Waals surface area contributed by atoms with E-state index in [1.807, 2.05) is 0 Å². The molecule has 2 aromatic rings. The number of nitrogens with one attached hydrogen (secondary N) is 1. The zero-order chi connectivity index (χ0) is 16.3. The van der Waals surface area contributed by atoms with Gasteiger partial charge in [0.25, 0.3) is 0 Å². The summed E-state index contributed by atoms with van der Waals surface area (Å²) in [5, 5.41) is 20.5. The van der Waals surface area contributed by atoms with Gasteiger partial charge in [0.05, 0.1) is 4.83 Å². The van der Waals surface area contributed by atoms with Crippen LogP contribution in [-0.4, -0.2) is 25.2 Å². The lowest BCUT2D eigenvalue weighted by Crippen LogP contribution is -2.13. The van der Waals surface area contributed by atoms with E-state index >= 15 is 0 Å². The van der Waals surface area contributed by atoms with Crippen LogP contribution < -0.4 is 4.72 Å². The smallest absolute Gasteiger partial charge is 0.205 e. The van der Waals surface area contributed by atoms with Crippen LogP contribution in [0.25, 0.3) is 11.3 Å². The molecule has 0 saturated heterocycles. The Labute approximate surface area is 141 Å². The molecule has 9 heteroatoms. The highest BCUT2D eigenvalue weighted by atomic mass is 79.9. The number of furan rings is 1. The summed E-state index contributed by atoms with van der Waals surface area (Å²) in [4.78, 5) is -0.457. The Balaban J connectivity index is 2.23. The lowest BCUT2D eigenvalue weighted by Gasteiger charge is -2.06. The summed E-state index contributed by atoms with van der Waals surface area (Å²) >= 11 is 9.10. The Morgan fingerprint density at radius 3 is 2.45 bits per heavy atom. The fourth-order valence-corrected chi connectivity index (χ4v) is 2.83. The predicted octanol–water partition coefficient (Wildman–Crippen LogP) is 2.95. The Kier molecular flexibility index (Phi) is 5.74. The highest BCUT2D eigenvalue weighted by molar-refractivity contribution is 9.09. The third kappa shape index (κ3) is 3.95. The molecule has 0 fully saturated rings. The summed E-state index contributed by atoms with van der Waals surface area (Å²) < 4.78 is 28.7. The SMILES string of the molecule is O=[SH](=O)NCCC(Br)c1oc(-c2ccc(Cl)cc2)c(O)c1O. The first-order chi connectivity index (χ1) is 10.4. The highest BCUT2D eigenvalue weighted by Gasteiger charge is 2.25. The van der Waals surface area contributed by atoms with Crippen molar-refractivity contribution in [3.8, 4) is 22.8 Å². The van der Waals surface area contributed by atoms with Crippen LogP contribution in [0.4, 0.5) is 0 Å². The van der Waals surface area contributed by atoms with Crippen LogP contribution in [0, 0.1) is 0 Å². The quantitative estimate of drug-likeness (QED) is 0.433. The van der Waals surface area contributed by atoms with Crippen molar-refractivity contribution in [3.63, 3.8) is 0 Å². The first kappa shape index (κ1) is 17.1. The summed E-state index contributed by atoms with van der Waals surface area (Å²) in [6, 6.07) is 6.57. The van der Waals surface area contributed by atoms with Crippen molar-refractivity contribution in [1.82, 2.24) is 4.72 Å². The first-order valence-electron chi connectivity index (χ1n) is 6.22. The Morgan fingerprint density at radius 1 is 1.23 bits per heavy atom. The maximum Gasteiger partial charge on any atom is 0.205 e. The minimum atomic E-state index is -2.67. The molecule has 1 heterocycles. The van der Waals surface area contributed by atoms with Crippen molar-refractivity contribution in [1.29, 1.82) is 0 Å². The van der Waals surface area contributed by atoms with Gasteiger partial charge >= 0.3 is 0 Å². The Bertz CT molecular complexity index is 721. The van der Waals surface area contributed by atoms with E-state index in [0.29, 0.717) is 17.0 Å². The summed E-state index contributed by atoms with van der Waals surface area (Å²) in [6.45, 7) is 0.172. The zero-order valence-corrected chi connectivity index (χ0v) is 14.4. The van der Waals surface area contributed by atoms with Crippen LogP contribution in [0.3, 0.4) is 0 Å². The lowest BCUT2D eigenvalue weighted by atomic mass is 10.1. The normalized spacial score (nSPS) is 12.7. The van der Waals surface area contributed by atoms with Gasteiger partial charge in [-0.1, -0.05) is 27.5 Å². The van der Waals surface area contributed by atoms with E-state index in [4.69, 9.17) is 16.0 Å². The number of alkyl halides is 1. The second-order valence-corrected chi connectivity index (χ2v) is 6.79. The first-order valence-corrected chi connectivity index (χ1v) is 8.69. The molecule has 0 aliphatic carbocycles. The van der Waals surface area contributed by atoms with Crippen LogP contribution in [0.1, 0.15) is 17.0 Å². The van der Waals surface area contributed by atoms with Gasteiger partial charge in [0.1, 0.15) is 0 Å². The third-order valence-corrected chi connectivity index (χ3v) is 4.52. The maximum absolute atomic E-state index is 10.4. The molecule has 0 aliphatic heterocycles. The van der Waals surface area contributed by atoms with Gasteiger partial charge in [0.15, 0.2) is 11.5 Å². The molecule has 0 radical (unpaired) electrons. The van der Waals surface area contributed by atoms with Crippen LogP contribution in [-0.2, 0) is 10.9 Å². The second kappa shape index (κ2) is 7.36. The molecule has 120 valence electrons. The second-order valence-electron chi connectivity index (χ2n) is 4.42. The fourth-order valence-electron chi connectivity index (χ4n) is 1.85. The van der Waals surface area contributed by atoms with E-state index in [1.54, 1.807) is 24.3 Å². The summed E-state index contributed by atoms with van der Waals surface area (Å²) in [5.41, 5.74) is 0.559. The van der Waals surface area contributed by atoms with Gasteiger partial charge < -0.3 is 14.6 Å². The average Bonchev–Trinajstić information content (AvgIpc) is 2.76. The van der Waals surface area contributed by atoms with Gasteiger partial charge in [-0.3, -0.25) is 0 Å². The van der Waals surface area contributed by atoms with Gasteiger partial charge in [0, 0.05) is 17.1 Å². The monoisotopic (exact) mass is 409 g/mol. The highest BCUT2D eigenvalue weighted by Crippen LogP contribution is 2.47. The van der Waals surface area contributed by atoms with Gasteiger partial charge in [-0.25, -0.2) is 13.1 Å². The number of benzene rings is 1. The van der Waals surface area contributed by atoms with Crippen molar-refractivity contribution >= 4 is 38.4 Å². The molecule has 1 unspecified atom stereocenters. The minimum Gasteiger partial charge on any atom is -0.502 e. The van der Waals surface area contributed by atoms with E-state index in [1.165, 1.54) is 0 Å². The molecule has 1 aromatic carbocycles. The Hall–Kier alpha value is -1.22. The summed E-state index contributed by atoms with van der Waals surface area (Å²) in [5.74, 6) is -0.496. The van der Waals surface area contributed by atoms with E-state index < -0.39 is 15.7 Å². The number of hydrogen-bond acceptors (Lipinski definition) is 5. The van der Waals surface area contributed by atoms with Crippen LogP contribution in [0.15, 0.2) is 28.7 Å². The maximum atomic E-state index is 10.4. The van der Waals surface area contributed by atoms with E-state index in [9.17, 15) is 18.6 Å². The molecule has 0 bridgehead atoms. The molecule has 0 amide bonds. The van der Waals surface area contributed by atoms with Crippen molar-refractivity contribution in [2.75, 3.05) is 6.54 Å². The van der Waals surface area contributed by atoms with E-state index in [0.717, 1.165) is 0 Å². The van der Waals surface area contributed by atoms with Gasteiger partial charge in [0.2, 0.25) is 22.4 Å². The molecule has 3 N–H and O–H groups in total. The number of thiol groups is 1. The largest absolute Gasteiger partial charge is 0.502 e. The van der Waals surface area contributed by atoms with Crippen LogP contribution in [0.5, 0.6) is 11.5 Å². The number of aromatic hydroxyl groups is 2. The van der Waals surface area contributed by atoms with E-state index in [-0.39, 0.29) is 29.6 Å². The molecule has 22 heavy (non-hydrogen) atoms. The average molecular weight is 411 g/mol.